The van der Waals surface area contributed by atoms with Crippen molar-refractivity contribution in [2.75, 3.05) is 52.0 Å². The van der Waals surface area contributed by atoms with E-state index in [9.17, 15) is 9.59 Å². The number of fused-ring (bicyclic) bond motifs is 1. The summed E-state index contributed by atoms with van der Waals surface area (Å²) >= 11 is 0. The summed E-state index contributed by atoms with van der Waals surface area (Å²) in [6.45, 7) is 2.33. The van der Waals surface area contributed by atoms with E-state index >= 15 is 0 Å². The van der Waals surface area contributed by atoms with Crippen LogP contribution in [0.5, 0.6) is 5.75 Å². The summed E-state index contributed by atoms with van der Waals surface area (Å²) in [6.07, 6.45) is 9.36. The van der Waals surface area contributed by atoms with Gasteiger partial charge in [-0.15, -0.1) is 0 Å². The number of methoxy groups -OCH3 is 1. The number of hydrogen-bond donors (Lipinski definition) is 2. The van der Waals surface area contributed by atoms with E-state index in [2.05, 4.69) is 36.7 Å². The molecule has 1 aromatic carbocycles. The summed E-state index contributed by atoms with van der Waals surface area (Å²) in [6, 6.07) is 13.8. The molecular weight excluding hydrogens is 594 g/mol. The smallest absolute Gasteiger partial charge is 0.271 e. The highest BCUT2D eigenvalue weighted by molar-refractivity contribution is 6.05. The van der Waals surface area contributed by atoms with Gasteiger partial charge in [-0.3, -0.25) is 19.2 Å². The first kappa shape index (κ1) is 30.3. The fourth-order valence-electron chi connectivity index (χ4n) is 6.05. The van der Waals surface area contributed by atoms with Gasteiger partial charge in [0.15, 0.2) is 0 Å². The van der Waals surface area contributed by atoms with Crippen molar-refractivity contribution in [1.82, 2.24) is 34.5 Å². The largest absolute Gasteiger partial charge is 0.495 e. The van der Waals surface area contributed by atoms with E-state index in [0.717, 1.165) is 64.7 Å². The van der Waals surface area contributed by atoms with E-state index in [1.807, 2.05) is 60.5 Å². The Kier molecular flexibility index (Phi) is 8.02. The lowest BCUT2D eigenvalue weighted by Gasteiger charge is -2.39. The van der Waals surface area contributed by atoms with Gasteiger partial charge in [0, 0.05) is 98.3 Å². The van der Waals surface area contributed by atoms with Crippen molar-refractivity contribution in [2.45, 2.75) is 25.4 Å². The van der Waals surface area contributed by atoms with Crippen molar-refractivity contribution in [2.24, 2.45) is 5.92 Å². The van der Waals surface area contributed by atoms with Crippen LogP contribution in [-0.4, -0.2) is 87.7 Å². The number of benzene rings is 1. The summed E-state index contributed by atoms with van der Waals surface area (Å²) in [5, 5.41) is 12.6. The molecule has 0 spiro atoms. The Balaban J connectivity index is 1.13. The van der Waals surface area contributed by atoms with Crippen molar-refractivity contribution in [3.63, 3.8) is 0 Å². The molecule has 0 bridgehead atoms. The van der Waals surface area contributed by atoms with Crippen LogP contribution in [0.2, 0.25) is 0 Å². The molecule has 47 heavy (non-hydrogen) atoms. The van der Waals surface area contributed by atoms with Crippen LogP contribution in [0, 0.1) is 5.92 Å². The van der Waals surface area contributed by atoms with Gasteiger partial charge >= 0.3 is 0 Å². The number of anilines is 2. The number of nitrogens with zero attached hydrogens (tertiary/aromatic N) is 7. The van der Waals surface area contributed by atoms with Crippen molar-refractivity contribution < 1.29 is 14.3 Å². The van der Waals surface area contributed by atoms with Crippen LogP contribution in [0.15, 0.2) is 67.3 Å². The molecular formula is C35H37N9O3. The zero-order chi connectivity index (χ0) is 32.7. The lowest BCUT2D eigenvalue weighted by atomic mass is 9.96. The van der Waals surface area contributed by atoms with E-state index in [4.69, 9.17) is 9.84 Å². The molecule has 5 aromatic rings. The van der Waals surface area contributed by atoms with Gasteiger partial charge in [0.25, 0.3) is 5.91 Å². The number of ether oxygens (including phenoxy) is 1. The highest BCUT2D eigenvalue weighted by atomic mass is 16.5. The maximum absolute atomic E-state index is 12.5. The molecule has 1 saturated carbocycles. The van der Waals surface area contributed by atoms with Crippen LogP contribution in [-0.2, 0) is 11.3 Å². The monoisotopic (exact) mass is 631 g/mol. The van der Waals surface area contributed by atoms with Gasteiger partial charge in [-0.05, 0) is 31.0 Å². The van der Waals surface area contributed by atoms with E-state index in [-0.39, 0.29) is 23.8 Å². The topological polar surface area (TPSA) is 130 Å². The third-order valence-corrected chi connectivity index (χ3v) is 8.76. The maximum Gasteiger partial charge on any atom is 0.271 e. The van der Waals surface area contributed by atoms with Crippen LogP contribution >= 0.6 is 0 Å². The molecule has 1 saturated heterocycles. The number of aromatic nitrogens is 5. The first-order valence-electron chi connectivity index (χ1n) is 15.7. The minimum Gasteiger partial charge on any atom is -0.495 e. The number of nitrogens with one attached hydrogen (secondary N) is 2. The molecule has 4 aromatic heterocycles. The third-order valence-electron chi connectivity index (χ3n) is 8.76. The molecule has 240 valence electrons. The van der Waals surface area contributed by atoms with Crippen LogP contribution in [0.1, 0.15) is 35.1 Å². The fourth-order valence-corrected chi connectivity index (χ4v) is 6.05. The second-order valence-electron chi connectivity index (χ2n) is 12.3. The van der Waals surface area contributed by atoms with Crippen LogP contribution in [0.4, 0.5) is 11.6 Å². The second kappa shape index (κ2) is 12.4. The van der Waals surface area contributed by atoms with Gasteiger partial charge in [0.2, 0.25) is 5.91 Å². The van der Waals surface area contributed by atoms with Crippen molar-refractivity contribution >= 4 is 34.2 Å². The number of carbonyl (C=O) groups excluding carboxylic acids is 2. The number of pyridine rings is 3. The number of likely N-dealkylation sites (tertiary alicyclic amines) is 1. The lowest BCUT2D eigenvalue weighted by molar-refractivity contribution is -0.117. The normalized spacial score (nSPS) is 14.9. The van der Waals surface area contributed by atoms with Gasteiger partial charge in [-0.25, -0.2) is 15.0 Å². The second-order valence-corrected chi connectivity index (χ2v) is 12.3. The number of rotatable bonds is 10. The van der Waals surface area contributed by atoms with Crippen LogP contribution in [0.25, 0.3) is 33.0 Å². The quantitative estimate of drug-likeness (QED) is 0.225. The molecule has 0 atom stereocenters. The summed E-state index contributed by atoms with van der Waals surface area (Å²) < 4.78 is 8.06. The van der Waals surface area contributed by atoms with Gasteiger partial charge in [-0.1, -0.05) is 24.3 Å². The third kappa shape index (κ3) is 5.99. The average molecular weight is 632 g/mol. The Morgan fingerprint density at radius 2 is 1.77 bits per heavy atom. The Labute approximate surface area is 272 Å². The molecule has 1 aliphatic heterocycles. The van der Waals surface area contributed by atoms with Crippen molar-refractivity contribution in [3.05, 3.63) is 78.6 Å². The van der Waals surface area contributed by atoms with E-state index in [0.29, 0.717) is 29.6 Å². The Bertz CT molecular complexity index is 1980. The van der Waals surface area contributed by atoms with E-state index in [1.165, 1.54) is 4.90 Å². The lowest BCUT2D eigenvalue weighted by Crippen LogP contribution is -2.47. The molecule has 0 unspecified atom stereocenters. The molecule has 2 aliphatic rings. The molecule has 2 N–H and O–H groups in total. The molecule has 1 aliphatic carbocycles. The predicted molar refractivity (Wildman–Crippen MR) is 180 cm³/mol. The first-order chi connectivity index (χ1) is 22.8. The number of carbonyl (C=O) groups is 2. The standard InChI is InChI=1S/C35H37N9O3/c1-36-33-29-16-37-31(41-34(45)21-11-12-21)13-27(29)28(15-38-33)26-9-6-8-25(32(26)47-4)22-14-39-44(17-22)24-19-43(20-24)18-23-7-5-10-30(40-23)35(46)42(2)3/h5-10,13-17,21,24H,11-12,18-20H2,1-4H3,(H,36,38)(H,37,41,45). The minimum absolute atomic E-state index is 0.00911. The zero-order valence-corrected chi connectivity index (χ0v) is 26.9. The molecule has 7 rings (SSSR count). The predicted octanol–water partition coefficient (Wildman–Crippen LogP) is 4.71. The summed E-state index contributed by atoms with van der Waals surface area (Å²) in [5.41, 5.74) is 4.94. The number of amides is 2. The highest BCUT2D eigenvalue weighted by Crippen LogP contribution is 2.42. The Morgan fingerprint density at radius 1 is 0.979 bits per heavy atom. The molecule has 5 heterocycles. The molecule has 2 amide bonds. The number of hydrogen-bond acceptors (Lipinski definition) is 9. The SMILES string of the molecule is CNc1ncc(-c2cccc(-c3cnn(C4CN(Cc5cccc(C(=O)N(C)C)n5)C4)c3)c2OC)c2cc(NC(=O)C3CC3)ncc12. The molecule has 2 fully saturated rings. The van der Waals surface area contributed by atoms with Crippen molar-refractivity contribution in [3.8, 4) is 28.0 Å². The van der Waals surface area contributed by atoms with Crippen LogP contribution in [0.3, 0.4) is 0 Å². The molecule has 0 radical (unpaired) electrons. The zero-order valence-electron chi connectivity index (χ0n) is 26.9. The van der Waals surface area contributed by atoms with Gasteiger partial charge < -0.3 is 20.3 Å². The average Bonchev–Trinajstić information content (AvgIpc) is 3.82. The van der Waals surface area contributed by atoms with Crippen molar-refractivity contribution in [1.29, 1.82) is 0 Å². The highest BCUT2D eigenvalue weighted by Gasteiger charge is 2.31. The van der Waals surface area contributed by atoms with Gasteiger partial charge in [0.1, 0.15) is 23.1 Å². The van der Waals surface area contributed by atoms with Gasteiger partial charge in [-0.2, -0.15) is 5.10 Å². The minimum atomic E-state index is -0.101. The summed E-state index contributed by atoms with van der Waals surface area (Å²) in [4.78, 5) is 42.4. The van der Waals surface area contributed by atoms with Gasteiger partial charge in [0.05, 0.1) is 25.0 Å². The summed E-state index contributed by atoms with van der Waals surface area (Å²) in [5.74, 6) is 1.91. The summed E-state index contributed by atoms with van der Waals surface area (Å²) in [7, 11) is 6.96. The first-order valence-corrected chi connectivity index (χ1v) is 15.7. The number of para-hydroxylation sites is 1. The molecule has 12 heteroatoms. The maximum atomic E-state index is 12.5. The Hall–Kier alpha value is -5.36. The van der Waals surface area contributed by atoms with E-state index in [1.54, 1.807) is 33.5 Å². The van der Waals surface area contributed by atoms with E-state index < -0.39 is 0 Å². The van der Waals surface area contributed by atoms with Crippen LogP contribution < -0.4 is 15.4 Å². The Morgan fingerprint density at radius 3 is 2.51 bits per heavy atom. The fraction of sp³-hybridized carbons (Fsp3) is 0.314. The molecule has 12 nitrogen and oxygen atoms in total.